The molecular weight excluding hydrogens is 230 g/mol. The Balaban J connectivity index is 1.74. The monoisotopic (exact) mass is 249 g/mol. The molecule has 18 heavy (non-hydrogen) atoms. The van der Waals surface area contributed by atoms with Gasteiger partial charge in [-0.1, -0.05) is 0 Å². The molecule has 0 unspecified atom stereocenters. The number of rotatable bonds is 5. The first-order chi connectivity index (χ1) is 8.75. The maximum absolute atomic E-state index is 10.8. The van der Waals surface area contributed by atoms with Crippen LogP contribution in [0.2, 0.25) is 0 Å². The molecule has 2 rings (SSSR count). The Bertz CT molecular complexity index is 386. The summed E-state index contributed by atoms with van der Waals surface area (Å²) in [5.41, 5.74) is 5.38. The van der Waals surface area contributed by atoms with E-state index in [9.17, 15) is 4.79 Å². The molecule has 1 fully saturated rings. The average molecular weight is 249 g/mol. The lowest BCUT2D eigenvalue weighted by Gasteiger charge is -2.22. The molecule has 1 aliphatic rings. The normalized spacial score (nSPS) is 16.4. The number of carbonyl (C=O) groups excluding carboxylic acids is 1. The number of piperidine rings is 1. The van der Waals surface area contributed by atoms with Gasteiger partial charge in [0.1, 0.15) is 11.4 Å². The predicted molar refractivity (Wildman–Crippen MR) is 68.5 cm³/mol. The van der Waals surface area contributed by atoms with E-state index in [0.29, 0.717) is 12.4 Å². The first-order valence-corrected chi connectivity index (χ1v) is 6.35. The lowest BCUT2D eigenvalue weighted by molar-refractivity contribution is 0.0995. The van der Waals surface area contributed by atoms with E-state index in [1.165, 1.54) is 12.8 Å². The summed E-state index contributed by atoms with van der Waals surface area (Å²) >= 11 is 0. The summed E-state index contributed by atoms with van der Waals surface area (Å²) in [5.74, 6) is 0.925. The molecule has 0 aromatic carbocycles. The molecule has 0 atom stereocenters. The van der Waals surface area contributed by atoms with Crippen LogP contribution >= 0.6 is 0 Å². The van der Waals surface area contributed by atoms with Gasteiger partial charge in [0.25, 0.3) is 5.91 Å². The van der Waals surface area contributed by atoms with E-state index < -0.39 is 5.91 Å². The smallest absolute Gasteiger partial charge is 0.267 e. The molecule has 0 radical (unpaired) electrons. The van der Waals surface area contributed by atoms with Gasteiger partial charge in [0.05, 0.1) is 12.8 Å². The van der Waals surface area contributed by atoms with E-state index in [-0.39, 0.29) is 5.69 Å². The number of aromatic nitrogens is 1. The molecule has 0 saturated carbocycles. The highest BCUT2D eigenvalue weighted by Crippen LogP contribution is 2.17. The van der Waals surface area contributed by atoms with Gasteiger partial charge in [0.2, 0.25) is 0 Å². The molecule has 1 saturated heterocycles. The van der Waals surface area contributed by atoms with Gasteiger partial charge in [-0.05, 0) is 50.4 Å². The zero-order valence-electron chi connectivity index (χ0n) is 10.4. The third-order valence-electron chi connectivity index (χ3n) is 3.24. The molecule has 98 valence electrons. The van der Waals surface area contributed by atoms with Crippen LogP contribution in [-0.2, 0) is 0 Å². The first-order valence-electron chi connectivity index (χ1n) is 6.35. The lowest BCUT2D eigenvalue weighted by Crippen LogP contribution is -2.28. The van der Waals surface area contributed by atoms with Gasteiger partial charge in [-0.2, -0.15) is 0 Å². The van der Waals surface area contributed by atoms with E-state index in [1.54, 1.807) is 18.3 Å². The van der Waals surface area contributed by atoms with Crippen LogP contribution in [0.1, 0.15) is 29.8 Å². The maximum atomic E-state index is 10.8. The second-order valence-electron chi connectivity index (χ2n) is 4.57. The minimum Gasteiger partial charge on any atom is -0.492 e. The molecular formula is C13H19N3O2. The number of nitrogens with one attached hydrogen (secondary N) is 1. The molecule has 3 N–H and O–H groups in total. The third kappa shape index (κ3) is 3.70. The molecule has 1 aromatic rings. The second-order valence-corrected chi connectivity index (χ2v) is 4.57. The van der Waals surface area contributed by atoms with Crippen molar-refractivity contribution in [1.82, 2.24) is 10.3 Å². The Labute approximate surface area is 107 Å². The molecule has 0 bridgehead atoms. The summed E-state index contributed by atoms with van der Waals surface area (Å²) in [5, 5.41) is 3.35. The van der Waals surface area contributed by atoms with Gasteiger partial charge in [-0.25, -0.2) is 4.98 Å². The van der Waals surface area contributed by atoms with Gasteiger partial charge >= 0.3 is 0 Å². The van der Waals surface area contributed by atoms with E-state index in [1.807, 2.05) is 0 Å². The van der Waals surface area contributed by atoms with Crippen molar-refractivity contribution in [1.29, 1.82) is 0 Å². The second kappa shape index (κ2) is 6.35. The number of primary amides is 1. The van der Waals surface area contributed by atoms with Crippen molar-refractivity contribution < 1.29 is 9.53 Å². The van der Waals surface area contributed by atoms with Crippen molar-refractivity contribution in [3.8, 4) is 5.75 Å². The molecule has 1 amide bonds. The van der Waals surface area contributed by atoms with E-state index in [0.717, 1.165) is 25.4 Å². The van der Waals surface area contributed by atoms with E-state index in [4.69, 9.17) is 10.5 Å². The predicted octanol–water partition coefficient (Wildman–Crippen LogP) is 0.949. The van der Waals surface area contributed by atoms with E-state index >= 15 is 0 Å². The Morgan fingerprint density at radius 1 is 1.44 bits per heavy atom. The highest BCUT2D eigenvalue weighted by atomic mass is 16.5. The standard InChI is InChI=1S/C13H19N3O2/c14-13(17)12-2-1-11(9-16-12)18-8-5-10-3-6-15-7-4-10/h1-2,9-10,15H,3-8H2,(H2,14,17). The van der Waals surface area contributed by atoms with Crippen molar-refractivity contribution >= 4 is 5.91 Å². The molecule has 0 aliphatic carbocycles. The Morgan fingerprint density at radius 3 is 2.83 bits per heavy atom. The fourth-order valence-electron chi connectivity index (χ4n) is 2.13. The van der Waals surface area contributed by atoms with Crippen molar-refractivity contribution in [3.05, 3.63) is 24.0 Å². The van der Waals surface area contributed by atoms with Crippen LogP contribution in [0.3, 0.4) is 0 Å². The SMILES string of the molecule is NC(=O)c1ccc(OCCC2CCNCC2)cn1. The number of amides is 1. The lowest BCUT2D eigenvalue weighted by atomic mass is 9.95. The maximum Gasteiger partial charge on any atom is 0.267 e. The Kier molecular flexibility index (Phi) is 4.52. The van der Waals surface area contributed by atoms with Gasteiger partial charge in [-0.3, -0.25) is 4.79 Å². The van der Waals surface area contributed by atoms with Gasteiger partial charge in [0, 0.05) is 0 Å². The third-order valence-corrected chi connectivity index (χ3v) is 3.24. The summed E-state index contributed by atoms with van der Waals surface area (Å²) in [6.07, 6.45) is 5.06. The largest absolute Gasteiger partial charge is 0.492 e. The van der Waals surface area contributed by atoms with Crippen LogP contribution in [0, 0.1) is 5.92 Å². The first kappa shape index (κ1) is 12.8. The van der Waals surface area contributed by atoms with Gasteiger partial charge in [-0.15, -0.1) is 0 Å². The van der Waals surface area contributed by atoms with Crippen LogP contribution in [0.25, 0.3) is 0 Å². The highest BCUT2D eigenvalue weighted by molar-refractivity contribution is 5.90. The van der Waals surface area contributed by atoms with E-state index in [2.05, 4.69) is 10.3 Å². The molecule has 1 aromatic heterocycles. The Hall–Kier alpha value is -1.62. The summed E-state index contributed by atoms with van der Waals surface area (Å²) in [4.78, 5) is 14.8. The quantitative estimate of drug-likeness (QED) is 0.814. The van der Waals surface area contributed by atoms with Crippen molar-refractivity contribution in [2.45, 2.75) is 19.3 Å². The number of ether oxygens (including phenoxy) is 1. The molecule has 5 nitrogen and oxygen atoms in total. The summed E-state index contributed by atoms with van der Waals surface area (Å²) in [6.45, 7) is 2.92. The summed E-state index contributed by atoms with van der Waals surface area (Å²) in [7, 11) is 0. The number of carbonyl (C=O) groups is 1. The van der Waals surface area contributed by atoms with Crippen LogP contribution in [-0.4, -0.2) is 30.6 Å². The van der Waals surface area contributed by atoms with Crippen LogP contribution in [0.5, 0.6) is 5.75 Å². The molecule has 5 heteroatoms. The van der Waals surface area contributed by atoms with Crippen LogP contribution in [0.4, 0.5) is 0 Å². The topological polar surface area (TPSA) is 77.2 Å². The fourth-order valence-corrected chi connectivity index (χ4v) is 2.13. The summed E-state index contributed by atoms with van der Waals surface area (Å²) in [6, 6.07) is 3.32. The van der Waals surface area contributed by atoms with Crippen LogP contribution < -0.4 is 15.8 Å². The number of nitrogens with zero attached hydrogens (tertiary/aromatic N) is 1. The highest BCUT2D eigenvalue weighted by Gasteiger charge is 2.12. The molecule has 2 heterocycles. The molecule has 0 spiro atoms. The van der Waals surface area contributed by atoms with Crippen molar-refractivity contribution in [3.63, 3.8) is 0 Å². The minimum atomic E-state index is -0.517. The average Bonchev–Trinajstić information content (AvgIpc) is 2.40. The Morgan fingerprint density at radius 2 is 2.22 bits per heavy atom. The number of pyridine rings is 1. The minimum absolute atomic E-state index is 0.265. The zero-order valence-corrected chi connectivity index (χ0v) is 10.4. The number of hydrogen-bond donors (Lipinski definition) is 2. The number of nitrogens with two attached hydrogens (primary N) is 1. The van der Waals surface area contributed by atoms with Crippen LogP contribution in [0.15, 0.2) is 18.3 Å². The fraction of sp³-hybridized carbons (Fsp3) is 0.538. The van der Waals surface area contributed by atoms with Crippen molar-refractivity contribution in [2.75, 3.05) is 19.7 Å². The van der Waals surface area contributed by atoms with Gasteiger partial charge < -0.3 is 15.8 Å². The van der Waals surface area contributed by atoms with Gasteiger partial charge in [0.15, 0.2) is 0 Å². The summed E-state index contributed by atoms with van der Waals surface area (Å²) < 4.78 is 5.61. The molecule has 1 aliphatic heterocycles. The zero-order chi connectivity index (χ0) is 12.8. The number of hydrogen-bond acceptors (Lipinski definition) is 4. The van der Waals surface area contributed by atoms with Crippen molar-refractivity contribution in [2.24, 2.45) is 11.7 Å².